The minimum atomic E-state index is 0.328. The first-order chi connectivity index (χ1) is 9.10. The van der Waals surface area contributed by atoms with Crippen molar-refractivity contribution in [2.45, 2.75) is 20.4 Å². The molecule has 0 radical (unpaired) electrons. The van der Waals surface area contributed by atoms with E-state index in [1.54, 1.807) is 19.4 Å². The normalized spacial score (nSPS) is 10.3. The zero-order valence-corrected chi connectivity index (χ0v) is 11.4. The van der Waals surface area contributed by atoms with Crippen molar-refractivity contribution in [3.63, 3.8) is 0 Å². The minimum absolute atomic E-state index is 0.328. The number of nitrogens with zero attached hydrogens (tertiary/aromatic N) is 1. The topological polar surface area (TPSA) is 54.4 Å². The van der Waals surface area contributed by atoms with Crippen LogP contribution in [0.3, 0.4) is 0 Å². The average molecular weight is 258 g/mol. The number of aromatic nitrogens is 1. The van der Waals surface area contributed by atoms with Gasteiger partial charge in [0.05, 0.1) is 7.11 Å². The molecule has 2 N–H and O–H groups in total. The van der Waals surface area contributed by atoms with E-state index >= 15 is 0 Å². The van der Waals surface area contributed by atoms with Crippen LogP contribution in [0, 0.1) is 13.8 Å². The SMILES string of the molecule is COc1ccc(CNc2cc(C)c(O)cc2C)cn1. The quantitative estimate of drug-likeness (QED) is 0.828. The number of aryl methyl sites for hydroxylation is 2. The Morgan fingerprint density at radius 1 is 1.21 bits per heavy atom. The molecular weight excluding hydrogens is 240 g/mol. The van der Waals surface area contributed by atoms with Crippen LogP contribution < -0.4 is 10.1 Å². The molecule has 1 aromatic carbocycles. The van der Waals surface area contributed by atoms with E-state index in [0.29, 0.717) is 18.2 Å². The average Bonchev–Trinajstić information content (AvgIpc) is 2.42. The standard InChI is InChI=1S/C15H18N2O2/c1-10-7-14(18)11(2)6-13(10)16-8-12-4-5-15(19-3)17-9-12/h4-7,9,16,18H,8H2,1-3H3. The van der Waals surface area contributed by atoms with Crippen LogP contribution in [-0.2, 0) is 6.54 Å². The van der Waals surface area contributed by atoms with Gasteiger partial charge in [-0.3, -0.25) is 0 Å². The molecule has 0 saturated heterocycles. The molecular formula is C15H18N2O2. The highest BCUT2D eigenvalue weighted by molar-refractivity contribution is 5.56. The van der Waals surface area contributed by atoms with Crippen LogP contribution in [0.5, 0.6) is 11.6 Å². The smallest absolute Gasteiger partial charge is 0.212 e. The number of hydrogen-bond donors (Lipinski definition) is 2. The van der Waals surface area contributed by atoms with Crippen molar-refractivity contribution in [1.82, 2.24) is 4.98 Å². The Kier molecular flexibility index (Phi) is 3.90. The number of phenols is 1. The monoisotopic (exact) mass is 258 g/mol. The molecule has 2 aromatic rings. The lowest BCUT2D eigenvalue weighted by Crippen LogP contribution is -2.02. The highest BCUT2D eigenvalue weighted by Gasteiger charge is 2.03. The van der Waals surface area contributed by atoms with Gasteiger partial charge in [-0.15, -0.1) is 0 Å². The molecule has 4 nitrogen and oxygen atoms in total. The fourth-order valence-electron chi connectivity index (χ4n) is 1.82. The Labute approximate surface area is 113 Å². The fourth-order valence-corrected chi connectivity index (χ4v) is 1.82. The number of methoxy groups -OCH3 is 1. The molecule has 0 aliphatic rings. The predicted molar refractivity (Wildman–Crippen MR) is 75.7 cm³/mol. The van der Waals surface area contributed by atoms with Crippen LogP contribution in [-0.4, -0.2) is 17.2 Å². The van der Waals surface area contributed by atoms with Gasteiger partial charge >= 0.3 is 0 Å². The molecule has 0 aliphatic carbocycles. The Hall–Kier alpha value is -2.23. The van der Waals surface area contributed by atoms with Gasteiger partial charge in [-0.2, -0.15) is 0 Å². The van der Waals surface area contributed by atoms with Crippen molar-refractivity contribution in [2.75, 3.05) is 12.4 Å². The Morgan fingerprint density at radius 3 is 2.63 bits per heavy atom. The molecule has 0 saturated carbocycles. The van der Waals surface area contributed by atoms with Crippen LogP contribution in [0.4, 0.5) is 5.69 Å². The summed E-state index contributed by atoms with van der Waals surface area (Å²) in [5.74, 6) is 0.939. The molecule has 2 rings (SSSR count). The van der Waals surface area contributed by atoms with Crippen LogP contribution in [0.2, 0.25) is 0 Å². The molecule has 0 spiro atoms. The molecule has 0 unspecified atom stereocenters. The lowest BCUT2D eigenvalue weighted by atomic mass is 10.1. The lowest BCUT2D eigenvalue weighted by molar-refractivity contribution is 0.397. The van der Waals surface area contributed by atoms with E-state index in [1.807, 2.05) is 32.0 Å². The molecule has 0 bridgehead atoms. The Morgan fingerprint density at radius 2 is 2.00 bits per heavy atom. The second kappa shape index (κ2) is 5.61. The van der Waals surface area contributed by atoms with E-state index in [9.17, 15) is 5.11 Å². The zero-order valence-electron chi connectivity index (χ0n) is 11.4. The van der Waals surface area contributed by atoms with Gasteiger partial charge in [0.15, 0.2) is 0 Å². The highest BCUT2D eigenvalue weighted by atomic mass is 16.5. The molecule has 19 heavy (non-hydrogen) atoms. The Balaban J connectivity index is 2.07. The second-order valence-corrected chi connectivity index (χ2v) is 4.52. The summed E-state index contributed by atoms with van der Waals surface area (Å²) in [5.41, 5.74) is 3.97. The van der Waals surface area contributed by atoms with Crippen LogP contribution >= 0.6 is 0 Å². The van der Waals surface area contributed by atoms with Gasteiger partial charge in [-0.05, 0) is 42.7 Å². The number of nitrogens with one attached hydrogen (secondary N) is 1. The first kappa shape index (κ1) is 13.2. The van der Waals surface area contributed by atoms with E-state index < -0.39 is 0 Å². The highest BCUT2D eigenvalue weighted by Crippen LogP contribution is 2.25. The minimum Gasteiger partial charge on any atom is -0.508 e. The first-order valence-electron chi connectivity index (χ1n) is 6.13. The summed E-state index contributed by atoms with van der Waals surface area (Å²) in [6.07, 6.45) is 1.79. The number of benzene rings is 1. The van der Waals surface area contributed by atoms with E-state index in [0.717, 1.165) is 22.4 Å². The van der Waals surface area contributed by atoms with E-state index in [4.69, 9.17) is 4.74 Å². The number of hydrogen-bond acceptors (Lipinski definition) is 4. The van der Waals surface area contributed by atoms with Gasteiger partial charge in [-0.1, -0.05) is 6.07 Å². The van der Waals surface area contributed by atoms with Gasteiger partial charge in [0.2, 0.25) is 5.88 Å². The summed E-state index contributed by atoms with van der Waals surface area (Å²) in [6.45, 7) is 4.53. The molecule has 0 fully saturated rings. The first-order valence-corrected chi connectivity index (χ1v) is 6.13. The van der Waals surface area contributed by atoms with E-state index in [1.165, 1.54) is 0 Å². The van der Waals surface area contributed by atoms with Gasteiger partial charge in [0.1, 0.15) is 5.75 Å². The van der Waals surface area contributed by atoms with Crippen molar-refractivity contribution in [2.24, 2.45) is 0 Å². The van der Waals surface area contributed by atoms with Gasteiger partial charge in [-0.25, -0.2) is 4.98 Å². The van der Waals surface area contributed by atoms with Crippen LogP contribution in [0.15, 0.2) is 30.5 Å². The maximum atomic E-state index is 9.62. The van der Waals surface area contributed by atoms with Crippen molar-refractivity contribution in [1.29, 1.82) is 0 Å². The van der Waals surface area contributed by atoms with Gasteiger partial charge in [0.25, 0.3) is 0 Å². The molecule has 1 heterocycles. The second-order valence-electron chi connectivity index (χ2n) is 4.52. The predicted octanol–water partition coefficient (Wildman–Crippen LogP) is 3.02. The Bertz CT molecular complexity index is 565. The van der Waals surface area contributed by atoms with Crippen molar-refractivity contribution >= 4 is 5.69 Å². The summed E-state index contributed by atoms with van der Waals surface area (Å²) >= 11 is 0. The fraction of sp³-hybridized carbons (Fsp3) is 0.267. The summed E-state index contributed by atoms with van der Waals surface area (Å²) in [4.78, 5) is 4.16. The van der Waals surface area contributed by atoms with E-state index in [-0.39, 0.29) is 0 Å². The maximum Gasteiger partial charge on any atom is 0.212 e. The summed E-state index contributed by atoms with van der Waals surface area (Å²) in [7, 11) is 1.60. The third-order valence-corrected chi connectivity index (χ3v) is 3.03. The zero-order chi connectivity index (χ0) is 13.8. The number of aromatic hydroxyl groups is 1. The maximum absolute atomic E-state index is 9.62. The van der Waals surface area contributed by atoms with E-state index in [2.05, 4.69) is 10.3 Å². The molecule has 0 amide bonds. The number of anilines is 1. The van der Waals surface area contributed by atoms with Crippen molar-refractivity contribution < 1.29 is 9.84 Å². The largest absolute Gasteiger partial charge is 0.508 e. The summed E-state index contributed by atoms with van der Waals surface area (Å²) in [5, 5.41) is 13.0. The molecule has 4 heteroatoms. The molecule has 100 valence electrons. The number of ether oxygens (including phenoxy) is 1. The molecule has 1 aromatic heterocycles. The van der Waals surface area contributed by atoms with Crippen LogP contribution in [0.25, 0.3) is 0 Å². The third kappa shape index (κ3) is 3.16. The summed E-state index contributed by atoms with van der Waals surface area (Å²) < 4.78 is 5.02. The molecule has 0 atom stereocenters. The van der Waals surface area contributed by atoms with Gasteiger partial charge in [0, 0.05) is 24.5 Å². The van der Waals surface area contributed by atoms with Crippen LogP contribution in [0.1, 0.15) is 16.7 Å². The third-order valence-electron chi connectivity index (χ3n) is 3.03. The lowest BCUT2D eigenvalue weighted by Gasteiger charge is -2.11. The number of pyridine rings is 1. The van der Waals surface area contributed by atoms with Gasteiger partial charge < -0.3 is 15.2 Å². The number of rotatable bonds is 4. The summed E-state index contributed by atoms with van der Waals surface area (Å²) in [6, 6.07) is 7.53. The van der Waals surface area contributed by atoms with Crippen molar-refractivity contribution in [3.8, 4) is 11.6 Å². The molecule has 0 aliphatic heterocycles. The number of phenolic OH excluding ortho intramolecular Hbond substituents is 1. The van der Waals surface area contributed by atoms with Crippen molar-refractivity contribution in [3.05, 3.63) is 47.2 Å².